The molecule has 146 valence electrons. The molecule has 7 heteroatoms. The Morgan fingerprint density at radius 1 is 1.18 bits per heavy atom. The highest BCUT2D eigenvalue weighted by Gasteiger charge is 2.27. The number of amides is 1. The number of pyridine rings is 1. The third-order valence-corrected chi connectivity index (χ3v) is 5.41. The van der Waals surface area contributed by atoms with Crippen LogP contribution >= 0.6 is 0 Å². The topological polar surface area (TPSA) is 68.8 Å². The van der Waals surface area contributed by atoms with Crippen LogP contribution in [0, 0.1) is 6.92 Å². The smallest absolute Gasteiger partial charge is 0.224 e. The molecular formula is C21H26N6O. The molecule has 0 spiro atoms. The van der Waals surface area contributed by atoms with E-state index in [0.717, 1.165) is 43.1 Å². The van der Waals surface area contributed by atoms with Crippen LogP contribution in [0.4, 0.5) is 0 Å². The summed E-state index contributed by atoms with van der Waals surface area (Å²) in [7, 11) is 0. The number of aromatic nitrogens is 5. The van der Waals surface area contributed by atoms with E-state index in [4.69, 9.17) is 0 Å². The average Bonchev–Trinajstić information content (AvgIpc) is 3.36. The number of carbonyl (C=O) groups is 1. The molecule has 1 unspecified atom stereocenters. The molecule has 1 aliphatic heterocycles. The van der Waals surface area contributed by atoms with Crippen molar-refractivity contribution in [2.75, 3.05) is 13.1 Å². The number of aryl methyl sites for hydroxylation is 2. The van der Waals surface area contributed by atoms with Gasteiger partial charge in [0.25, 0.3) is 0 Å². The predicted molar refractivity (Wildman–Crippen MR) is 106 cm³/mol. The van der Waals surface area contributed by atoms with Crippen molar-refractivity contribution in [1.82, 2.24) is 29.2 Å². The fourth-order valence-electron chi connectivity index (χ4n) is 3.89. The van der Waals surface area contributed by atoms with Crippen LogP contribution in [0.5, 0.6) is 0 Å². The first-order valence-electron chi connectivity index (χ1n) is 9.88. The Morgan fingerprint density at radius 3 is 2.89 bits per heavy atom. The average molecular weight is 378 g/mol. The van der Waals surface area contributed by atoms with Gasteiger partial charge in [-0.2, -0.15) is 5.10 Å². The summed E-state index contributed by atoms with van der Waals surface area (Å²) in [4.78, 5) is 23.8. The van der Waals surface area contributed by atoms with Crippen LogP contribution in [0.1, 0.15) is 42.4 Å². The summed E-state index contributed by atoms with van der Waals surface area (Å²) in [5.41, 5.74) is 2.10. The summed E-state index contributed by atoms with van der Waals surface area (Å²) in [5, 5.41) is 4.27. The van der Waals surface area contributed by atoms with E-state index in [1.807, 2.05) is 59.4 Å². The lowest BCUT2D eigenvalue weighted by atomic mass is 9.96. The molecule has 1 fully saturated rings. The molecule has 0 N–H and O–H groups in total. The Kier molecular flexibility index (Phi) is 5.50. The van der Waals surface area contributed by atoms with Gasteiger partial charge in [0.2, 0.25) is 5.91 Å². The SMILES string of the molecule is Cc1ccnn1CCC(=O)N1CCCC(c2nccn2Cc2ccccn2)C1. The van der Waals surface area contributed by atoms with Gasteiger partial charge in [0, 0.05) is 62.5 Å². The van der Waals surface area contributed by atoms with Gasteiger partial charge in [-0.15, -0.1) is 0 Å². The number of hydrogen-bond acceptors (Lipinski definition) is 4. The van der Waals surface area contributed by atoms with Crippen LogP contribution in [-0.4, -0.2) is 48.2 Å². The van der Waals surface area contributed by atoms with Gasteiger partial charge < -0.3 is 9.47 Å². The minimum atomic E-state index is 0.197. The third-order valence-electron chi connectivity index (χ3n) is 5.41. The van der Waals surface area contributed by atoms with Gasteiger partial charge >= 0.3 is 0 Å². The summed E-state index contributed by atoms with van der Waals surface area (Å²) in [6.07, 6.45) is 9.99. The molecule has 0 bridgehead atoms. The van der Waals surface area contributed by atoms with Crippen molar-refractivity contribution in [3.8, 4) is 0 Å². The van der Waals surface area contributed by atoms with Gasteiger partial charge in [-0.3, -0.25) is 14.5 Å². The fraction of sp³-hybridized carbons (Fsp3) is 0.429. The lowest BCUT2D eigenvalue weighted by molar-refractivity contribution is -0.132. The van der Waals surface area contributed by atoms with E-state index in [1.165, 1.54) is 0 Å². The maximum Gasteiger partial charge on any atom is 0.224 e. The van der Waals surface area contributed by atoms with Crippen molar-refractivity contribution in [2.45, 2.75) is 45.2 Å². The molecule has 4 heterocycles. The monoisotopic (exact) mass is 378 g/mol. The van der Waals surface area contributed by atoms with Crippen molar-refractivity contribution in [2.24, 2.45) is 0 Å². The fourth-order valence-corrected chi connectivity index (χ4v) is 3.89. The largest absolute Gasteiger partial charge is 0.342 e. The molecule has 0 aliphatic carbocycles. The van der Waals surface area contributed by atoms with Gasteiger partial charge in [-0.25, -0.2) is 4.98 Å². The zero-order chi connectivity index (χ0) is 19.3. The van der Waals surface area contributed by atoms with Gasteiger partial charge in [0.15, 0.2) is 0 Å². The Labute approximate surface area is 165 Å². The molecule has 1 aliphatic rings. The number of piperidine rings is 1. The summed E-state index contributed by atoms with van der Waals surface area (Å²) < 4.78 is 4.05. The summed E-state index contributed by atoms with van der Waals surface area (Å²) in [6.45, 7) is 4.91. The van der Waals surface area contributed by atoms with E-state index < -0.39 is 0 Å². The molecule has 3 aromatic heterocycles. The number of rotatable bonds is 6. The highest BCUT2D eigenvalue weighted by atomic mass is 16.2. The zero-order valence-electron chi connectivity index (χ0n) is 16.2. The highest BCUT2D eigenvalue weighted by molar-refractivity contribution is 5.76. The van der Waals surface area contributed by atoms with Gasteiger partial charge in [0.05, 0.1) is 12.2 Å². The standard InChI is InChI=1S/C21H26N6O/c1-17-7-10-24-27(17)13-8-20(28)25-12-4-5-18(15-25)21-23-11-14-26(21)16-19-6-2-3-9-22-19/h2-3,6-7,9-11,14,18H,4-5,8,12-13,15-16H2,1H3. The minimum absolute atomic E-state index is 0.197. The lowest BCUT2D eigenvalue weighted by Gasteiger charge is -2.33. The number of nitrogens with zero attached hydrogens (tertiary/aromatic N) is 6. The second-order valence-corrected chi connectivity index (χ2v) is 7.36. The van der Waals surface area contributed by atoms with Crippen LogP contribution in [0.3, 0.4) is 0 Å². The second-order valence-electron chi connectivity index (χ2n) is 7.36. The maximum atomic E-state index is 12.7. The van der Waals surface area contributed by atoms with E-state index in [1.54, 1.807) is 6.20 Å². The van der Waals surface area contributed by atoms with Crippen LogP contribution in [0.15, 0.2) is 49.1 Å². The lowest BCUT2D eigenvalue weighted by Crippen LogP contribution is -2.40. The van der Waals surface area contributed by atoms with Crippen LogP contribution < -0.4 is 0 Å². The summed E-state index contributed by atoms with van der Waals surface area (Å²) in [6, 6.07) is 7.91. The van der Waals surface area contributed by atoms with Crippen LogP contribution in [0.25, 0.3) is 0 Å². The Bertz CT molecular complexity index is 916. The Hall–Kier alpha value is -2.96. The summed E-state index contributed by atoms with van der Waals surface area (Å²) >= 11 is 0. The number of likely N-dealkylation sites (tertiary alicyclic amines) is 1. The molecule has 1 atom stereocenters. The Morgan fingerprint density at radius 2 is 2.11 bits per heavy atom. The third kappa shape index (κ3) is 4.13. The van der Waals surface area contributed by atoms with Crippen LogP contribution in [-0.2, 0) is 17.9 Å². The second kappa shape index (κ2) is 8.37. The predicted octanol–water partition coefficient (Wildman–Crippen LogP) is 2.63. The van der Waals surface area contributed by atoms with E-state index in [-0.39, 0.29) is 11.8 Å². The molecule has 7 nitrogen and oxygen atoms in total. The Balaban J connectivity index is 1.39. The van der Waals surface area contributed by atoms with Gasteiger partial charge in [-0.1, -0.05) is 6.07 Å². The summed E-state index contributed by atoms with van der Waals surface area (Å²) in [5.74, 6) is 1.51. The number of imidazole rings is 1. The number of hydrogen-bond donors (Lipinski definition) is 0. The zero-order valence-corrected chi connectivity index (χ0v) is 16.2. The van der Waals surface area contributed by atoms with Crippen molar-refractivity contribution in [1.29, 1.82) is 0 Å². The minimum Gasteiger partial charge on any atom is -0.342 e. The quantitative estimate of drug-likeness (QED) is 0.661. The van der Waals surface area contributed by atoms with E-state index in [2.05, 4.69) is 19.6 Å². The number of carbonyl (C=O) groups excluding carboxylic acids is 1. The van der Waals surface area contributed by atoms with Crippen molar-refractivity contribution in [3.63, 3.8) is 0 Å². The first-order valence-corrected chi connectivity index (χ1v) is 9.88. The molecule has 3 aromatic rings. The van der Waals surface area contributed by atoms with Gasteiger partial charge in [-0.05, 0) is 38.0 Å². The van der Waals surface area contributed by atoms with E-state index in [0.29, 0.717) is 19.5 Å². The molecule has 1 saturated heterocycles. The van der Waals surface area contributed by atoms with Crippen molar-refractivity contribution < 1.29 is 4.79 Å². The maximum absolute atomic E-state index is 12.7. The molecule has 4 rings (SSSR count). The highest BCUT2D eigenvalue weighted by Crippen LogP contribution is 2.26. The van der Waals surface area contributed by atoms with Crippen molar-refractivity contribution in [3.05, 3.63) is 66.3 Å². The van der Waals surface area contributed by atoms with Crippen molar-refractivity contribution >= 4 is 5.91 Å². The first-order chi connectivity index (χ1) is 13.7. The molecule has 28 heavy (non-hydrogen) atoms. The molecule has 0 saturated carbocycles. The molecule has 0 radical (unpaired) electrons. The molecular weight excluding hydrogens is 352 g/mol. The van der Waals surface area contributed by atoms with E-state index in [9.17, 15) is 4.79 Å². The van der Waals surface area contributed by atoms with E-state index >= 15 is 0 Å². The van der Waals surface area contributed by atoms with Gasteiger partial charge in [0.1, 0.15) is 5.82 Å². The van der Waals surface area contributed by atoms with Crippen LogP contribution in [0.2, 0.25) is 0 Å². The normalized spacial score (nSPS) is 17.0. The molecule has 0 aromatic carbocycles. The molecule has 1 amide bonds. The first kappa shape index (κ1) is 18.4.